The smallest absolute Gasteiger partial charge is 0.274 e. The van der Waals surface area contributed by atoms with Crippen LogP contribution in [0.5, 0.6) is 5.75 Å². The van der Waals surface area contributed by atoms with Gasteiger partial charge in [-0.25, -0.2) is 9.37 Å². The van der Waals surface area contributed by atoms with Crippen molar-refractivity contribution in [2.45, 2.75) is 57.2 Å². The summed E-state index contributed by atoms with van der Waals surface area (Å²) < 4.78 is 22.2. The van der Waals surface area contributed by atoms with Gasteiger partial charge in [-0.15, -0.1) is 0 Å². The maximum Gasteiger partial charge on any atom is 0.274 e. The number of rotatable bonds is 6. The van der Waals surface area contributed by atoms with Crippen molar-refractivity contribution in [2.75, 3.05) is 13.1 Å². The van der Waals surface area contributed by atoms with E-state index in [-0.39, 0.29) is 23.9 Å². The highest BCUT2D eigenvalue weighted by molar-refractivity contribution is 5.92. The molecule has 7 heteroatoms. The van der Waals surface area contributed by atoms with Crippen LogP contribution in [-0.4, -0.2) is 45.6 Å². The number of aromatic nitrogens is 2. The van der Waals surface area contributed by atoms with Gasteiger partial charge in [0.2, 0.25) is 0 Å². The second kappa shape index (κ2) is 8.61. The van der Waals surface area contributed by atoms with Crippen LogP contribution in [0.2, 0.25) is 0 Å². The molecule has 6 nitrogen and oxygen atoms in total. The number of hydrogen-bond donors (Lipinski definition) is 1. The summed E-state index contributed by atoms with van der Waals surface area (Å²) in [5.74, 6) is 1.17. The molecule has 2 heterocycles. The van der Waals surface area contributed by atoms with Crippen molar-refractivity contribution in [1.82, 2.24) is 19.8 Å². The number of fused-ring (bicyclic) bond motifs is 1. The summed E-state index contributed by atoms with van der Waals surface area (Å²) >= 11 is 0. The first-order valence-electron chi connectivity index (χ1n) is 11.5. The molecule has 2 saturated carbocycles. The molecule has 1 amide bonds. The summed E-state index contributed by atoms with van der Waals surface area (Å²) in [4.78, 5) is 19.7. The fourth-order valence-corrected chi connectivity index (χ4v) is 5.54. The Morgan fingerprint density at radius 3 is 2.68 bits per heavy atom. The standard InChI is InChI=1S/C24H31FN4O2/c1-28-14-22(27-15-28)24(30)29(19-9-17-11-26-12-18(17)10-19)13-16-6-7-21(25)23(8-16)31-20-4-2-3-5-20/h6-8,14-15,17-20,26H,2-5,9-13H2,1H3/t17-,18+,19?. The number of halogens is 1. The molecule has 1 unspecified atom stereocenters. The van der Waals surface area contributed by atoms with Crippen molar-refractivity contribution in [3.63, 3.8) is 0 Å². The molecule has 3 atom stereocenters. The molecule has 1 aromatic carbocycles. The molecule has 0 spiro atoms. The highest BCUT2D eigenvalue weighted by Gasteiger charge is 2.41. The summed E-state index contributed by atoms with van der Waals surface area (Å²) in [7, 11) is 1.87. The molecule has 31 heavy (non-hydrogen) atoms. The molecule has 0 radical (unpaired) electrons. The molecule has 3 fully saturated rings. The molecule has 3 aliphatic rings. The van der Waals surface area contributed by atoms with Crippen molar-refractivity contribution in [3.05, 3.63) is 47.8 Å². The van der Waals surface area contributed by atoms with Crippen molar-refractivity contribution < 1.29 is 13.9 Å². The topological polar surface area (TPSA) is 59.4 Å². The van der Waals surface area contributed by atoms with Gasteiger partial charge in [-0.1, -0.05) is 6.07 Å². The quantitative estimate of drug-likeness (QED) is 0.768. The highest BCUT2D eigenvalue weighted by Crippen LogP contribution is 2.38. The van der Waals surface area contributed by atoms with Gasteiger partial charge in [-0.05, 0) is 81.1 Å². The monoisotopic (exact) mass is 426 g/mol. The number of ether oxygens (including phenoxy) is 1. The second-order valence-electron chi connectivity index (χ2n) is 9.45. The van der Waals surface area contributed by atoms with Crippen LogP contribution < -0.4 is 10.1 Å². The van der Waals surface area contributed by atoms with Crippen LogP contribution in [0.4, 0.5) is 4.39 Å². The van der Waals surface area contributed by atoms with Crippen LogP contribution in [0.3, 0.4) is 0 Å². The molecule has 2 aromatic rings. The summed E-state index contributed by atoms with van der Waals surface area (Å²) in [6.45, 7) is 2.50. The molecule has 1 saturated heterocycles. The van der Waals surface area contributed by atoms with Gasteiger partial charge in [0.05, 0.1) is 12.4 Å². The molecule has 1 aliphatic heterocycles. The zero-order chi connectivity index (χ0) is 21.4. The van der Waals surface area contributed by atoms with E-state index < -0.39 is 0 Å². The first-order chi connectivity index (χ1) is 15.1. The minimum atomic E-state index is -0.334. The molecule has 1 N–H and O–H groups in total. The molecule has 166 valence electrons. The molecular formula is C24H31FN4O2. The molecule has 0 bridgehead atoms. The van der Waals surface area contributed by atoms with Crippen LogP contribution in [0.1, 0.15) is 54.6 Å². The van der Waals surface area contributed by atoms with Gasteiger partial charge in [0.15, 0.2) is 11.6 Å². The van der Waals surface area contributed by atoms with E-state index in [1.54, 1.807) is 29.2 Å². The Morgan fingerprint density at radius 2 is 2.00 bits per heavy atom. The maximum atomic E-state index is 14.4. The minimum absolute atomic E-state index is 0.0545. The molecule has 5 rings (SSSR count). The number of nitrogens with one attached hydrogen (secondary N) is 1. The summed E-state index contributed by atoms with van der Waals surface area (Å²) in [6.07, 6.45) is 9.76. The lowest BCUT2D eigenvalue weighted by Gasteiger charge is -2.29. The molecular weight excluding hydrogens is 395 g/mol. The summed E-state index contributed by atoms with van der Waals surface area (Å²) in [5, 5.41) is 3.47. The second-order valence-corrected chi connectivity index (χ2v) is 9.45. The van der Waals surface area contributed by atoms with Gasteiger partial charge < -0.3 is 19.5 Å². The average Bonchev–Trinajstić information content (AvgIpc) is 3.53. The van der Waals surface area contributed by atoms with Crippen LogP contribution in [0, 0.1) is 17.7 Å². The number of hydrogen-bond acceptors (Lipinski definition) is 4. The van der Waals surface area contributed by atoms with Crippen LogP contribution >= 0.6 is 0 Å². The highest BCUT2D eigenvalue weighted by atomic mass is 19.1. The molecule has 2 aliphatic carbocycles. The Morgan fingerprint density at radius 1 is 1.26 bits per heavy atom. The van der Waals surface area contributed by atoms with E-state index in [0.29, 0.717) is 29.8 Å². The van der Waals surface area contributed by atoms with E-state index in [9.17, 15) is 9.18 Å². The number of amides is 1. The third-order valence-corrected chi connectivity index (χ3v) is 7.20. The van der Waals surface area contributed by atoms with Crippen molar-refractivity contribution in [3.8, 4) is 5.75 Å². The number of nitrogens with zero attached hydrogens (tertiary/aromatic N) is 3. The van der Waals surface area contributed by atoms with Crippen LogP contribution in [0.15, 0.2) is 30.7 Å². The van der Waals surface area contributed by atoms with Crippen LogP contribution in [-0.2, 0) is 13.6 Å². The minimum Gasteiger partial charge on any atom is -0.487 e. The Balaban J connectivity index is 1.38. The largest absolute Gasteiger partial charge is 0.487 e. The van der Waals surface area contributed by atoms with Gasteiger partial charge in [0.25, 0.3) is 5.91 Å². The van der Waals surface area contributed by atoms with Crippen LogP contribution in [0.25, 0.3) is 0 Å². The Labute approximate surface area is 182 Å². The van der Waals surface area contributed by atoms with E-state index >= 15 is 0 Å². The summed E-state index contributed by atoms with van der Waals surface area (Å²) in [5.41, 5.74) is 1.36. The number of carbonyl (C=O) groups excluding carboxylic acids is 1. The van der Waals surface area contributed by atoms with Gasteiger partial charge in [0.1, 0.15) is 5.69 Å². The van der Waals surface area contributed by atoms with E-state index in [1.807, 2.05) is 11.9 Å². The zero-order valence-electron chi connectivity index (χ0n) is 18.1. The van der Waals surface area contributed by atoms with Crippen molar-refractivity contribution in [1.29, 1.82) is 0 Å². The van der Waals surface area contributed by atoms with E-state index in [1.165, 1.54) is 6.07 Å². The Hall–Kier alpha value is -2.41. The predicted molar refractivity (Wildman–Crippen MR) is 115 cm³/mol. The van der Waals surface area contributed by atoms with Gasteiger partial charge in [-0.2, -0.15) is 0 Å². The first-order valence-corrected chi connectivity index (χ1v) is 11.5. The van der Waals surface area contributed by atoms with Crippen molar-refractivity contribution in [2.24, 2.45) is 18.9 Å². The first kappa shape index (κ1) is 20.5. The van der Waals surface area contributed by atoms with E-state index in [0.717, 1.165) is 57.2 Å². The lowest BCUT2D eigenvalue weighted by molar-refractivity contribution is 0.0650. The Kier molecular flexibility index (Phi) is 5.69. The SMILES string of the molecule is Cn1cnc(C(=O)N(Cc2ccc(F)c(OC3CCCC3)c2)C2C[C@H]3CNC[C@H]3C2)c1. The number of imidazole rings is 1. The average molecular weight is 427 g/mol. The Bertz CT molecular complexity index is 927. The van der Waals surface area contributed by atoms with Crippen molar-refractivity contribution >= 4 is 5.91 Å². The fraction of sp³-hybridized carbons (Fsp3) is 0.583. The third-order valence-electron chi connectivity index (χ3n) is 7.20. The number of benzene rings is 1. The number of aryl methyl sites for hydroxylation is 1. The normalized spacial score (nSPS) is 25.7. The maximum absolute atomic E-state index is 14.4. The van der Waals surface area contributed by atoms with Gasteiger partial charge >= 0.3 is 0 Å². The third kappa shape index (κ3) is 4.33. The zero-order valence-corrected chi connectivity index (χ0v) is 18.1. The van der Waals surface area contributed by atoms with E-state index in [2.05, 4.69) is 10.3 Å². The number of carbonyl (C=O) groups is 1. The molecule has 1 aromatic heterocycles. The lowest BCUT2D eigenvalue weighted by Crippen LogP contribution is -2.39. The summed E-state index contributed by atoms with van der Waals surface area (Å²) in [6, 6.07) is 5.20. The lowest BCUT2D eigenvalue weighted by atomic mass is 10.0. The van der Waals surface area contributed by atoms with Gasteiger partial charge in [-0.3, -0.25) is 4.79 Å². The van der Waals surface area contributed by atoms with Gasteiger partial charge in [0, 0.05) is 25.8 Å². The van der Waals surface area contributed by atoms with E-state index in [4.69, 9.17) is 4.74 Å². The fourth-order valence-electron chi connectivity index (χ4n) is 5.54. The predicted octanol–water partition coefficient (Wildman–Crippen LogP) is 3.52.